The highest BCUT2D eigenvalue weighted by Crippen LogP contribution is 2.29. The van der Waals surface area contributed by atoms with Gasteiger partial charge in [0.15, 0.2) is 5.96 Å². The lowest BCUT2D eigenvalue weighted by molar-refractivity contribution is -0.137. The number of carbonyl (C=O) groups excluding carboxylic acids is 1. The maximum atomic E-state index is 14.2. The molecule has 0 bridgehead atoms. The van der Waals surface area contributed by atoms with E-state index in [-0.39, 0.29) is 24.0 Å². The minimum absolute atomic E-state index is 0.0493. The summed E-state index contributed by atoms with van der Waals surface area (Å²) in [4.78, 5) is 23.2. The molecule has 1 aliphatic rings. The number of carbonyl (C=O) groups is 1. The molecule has 2 unspecified atom stereocenters. The van der Waals surface area contributed by atoms with Crippen LogP contribution in [-0.2, 0) is 24.2 Å². The van der Waals surface area contributed by atoms with Crippen molar-refractivity contribution in [2.75, 3.05) is 19.6 Å². The lowest BCUT2D eigenvalue weighted by Crippen LogP contribution is -2.60. The molecule has 6 heteroatoms. The van der Waals surface area contributed by atoms with Crippen LogP contribution in [0.5, 0.6) is 0 Å². The van der Waals surface area contributed by atoms with Crippen molar-refractivity contribution in [2.24, 2.45) is 16.5 Å². The summed E-state index contributed by atoms with van der Waals surface area (Å²) in [6.45, 7) is 2.83. The third-order valence-electron chi connectivity index (χ3n) is 9.08. The molecule has 5 aromatic carbocycles. The molecule has 0 spiro atoms. The summed E-state index contributed by atoms with van der Waals surface area (Å²) >= 11 is 0. The van der Waals surface area contributed by atoms with Gasteiger partial charge in [0.2, 0.25) is 5.91 Å². The maximum Gasteiger partial charge on any atom is 0.227 e. The zero-order valence-electron chi connectivity index (χ0n) is 26.3. The molecule has 1 saturated heterocycles. The Hall–Kier alpha value is -4.94. The average molecular weight is 610 g/mol. The van der Waals surface area contributed by atoms with E-state index in [2.05, 4.69) is 124 Å². The summed E-state index contributed by atoms with van der Waals surface area (Å²) in [6.07, 6.45) is 2.92. The van der Waals surface area contributed by atoms with Crippen molar-refractivity contribution in [1.29, 1.82) is 0 Å². The molecule has 1 heterocycles. The molecule has 46 heavy (non-hydrogen) atoms. The first-order valence-corrected chi connectivity index (χ1v) is 16.3. The van der Waals surface area contributed by atoms with Crippen LogP contribution in [0, 0.1) is 0 Å². The largest absolute Gasteiger partial charge is 0.370 e. The quantitative estimate of drug-likeness (QED) is 0.103. The molecule has 0 radical (unpaired) electrons. The molecule has 1 aliphatic heterocycles. The van der Waals surface area contributed by atoms with Gasteiger partial charge in [0, 0.05) is 38.3 Å². The Kier molecular flexibility index (Phi) is 10.1. The van der Waals surface area contributed by atoms with Crippen LogP contribution in [0.3, 0.4) is 0 Å². The molecule has 0 aliphatic carbocycles. The van der Waals surface area contributed by atoms with E-state index in [0.717, 1.165) is 43.3 Å². The van der Waals surface area contributed by atoms with E-state index in [4.69, 9.17) is 11.5 Å². The molecule has 6 rings (SSSR count). The number of nitrogens with two attached hydrogens (primary N) is 2. The van der Waals surface area contributed by atoms with E-state index in [9.17, 15) is 4.79 Å². The number of fused-ring (bicyclic) bond motifs is 1. The second-order valence-corrected chi connectivity index (χ2v) is 12.3. The maximum absolute atomic E-state index is 14.2. The van der Waals surface area contributed by atoms with Crippen LogP contribution in [0.25, 0.3) is 21.9 Å². The zero-order valence-corrected chi connectivity index (χ0v) is 26.3. The molecular weight excluding hydrogens is 566 g/mol. The topological polar surface area (TPSA) is 88.0 Å². The Balaban J connectivity index is 1.29. The van der Waals surface area contributed by atoms with Crippen LogP contribution in [0.2, 0.25) is 0 Å². The Bertz CT molecular complexity index is 1770. The highest BCUT2D eigenvalue weighted by Gasteiger charge is 2.36. The van der Waals surface area contributed by atoms with Gasteiger partial charge in [-0.2, -0.15) is 0 Å². The van der Waals surface area contributed by atoms with Gasteiger partial charge in [0.25, 0.3) is 0 Å². The molecular formula is C40H43N5O. The fourth-order valence-corrected chi connectivity index (χ4v) is 6.78. The summed E-state index contributed by atoms with van der Waals surface area (Å²) in [6, 6.07) is 44.7. The minimum atomic E-state index is 0.0493. The predicted molar refractivity (Wildman–Crippen MR) is 189 cm³/mol. The molecule has 2 atom stereocenters. The first-order valence-electron chi connectivity index (χ1n) is 16.3. The zero-order chi connectivity index (χ0) is 31.7. The summed E-state index contributed by atoms with van der Waals surface area (Å²) in [7, 11) is 0. The fourth-order valence-electron chi connectivity index (χ4n) is 6.78. The van der Waals surface area contributed by atoms with Gasteiger partial charge in [-0.25, -0.2) is 0 Å². The highest BCUT2D eigenvalue weighted by molar-refractivity contribution is 5.85. The standard InChI is InChI=1S/C40H43N5O/c41-40(42)43-23-11-19-36-29-45(39(46)26-31-21-22-32-14-7-8-17-34(32)24-31)37(25-30-12-3-1-4-13-30)28-44(36)27-35-18-9-10-20-38(35)33-15-5-2-6-16-33/h1-10,12-18,20-22,24,36-37H,11,19,23,25-29H2,(H4,41,42,43). The molecule has 0 aromatic heterocycles. The fraction of sp³-hybridized carbons (Fsp3) is 0.250. The first-order chi connectivity index (χ1) is 22.5. The molecule has 4 N–H and O–H groups in total. The Morgan fingerprint density at radius 1 is 0.717 bits per heavy atom. The van der Waals surface area contributed by atoms with E-state index in [1.165, 1.54) is 27.6 Å². The number of benzene rings is 5. The van der Waals surface area contributed by atoms with Crippen molar-refractivity contribution >= 4 is 22.6 Å². The third-order valence-corrected chi connectivity index (χ3v) is 9.08. The van der Waals surface area contributed by atoms with Gasteiger partial charge in [-0.15, -0.1) is 0 Å². The SMILES string of the molecule is NC(N)=NCCCC1CN(C(=O)Cc2ccc3ccccc3c2)C(Cc2ccccc2)CN1Cc1ccccc1-c1ccccc1. The first kappa shape index (κ1) is 31.1. The number of aliphatic imine (C=N–C) groups is 1. The second-order valence-electron chi connectivity index (χ2n) is 12.3. The molecule has 1 amide bonds. The van der Waals surface area contributed by atoms with E-state index in [0.29, 0.717) is 19.5 Å². The van der Waals surface area contributed by atoms with Gasteiger partial charge < -0.3 is 16.4 Å². The van der Waals surface area contributed by atoms with Gasteiger partial charge in [-0.3, -0.25) is 14.7 Å². The van der Waals surface area contributed by atoms with Crippen LogP contribution in [0.15, 0.2) is 132 Å². The number of guanidine groups is 1. The number of nitrogens with zero attached hydrogens (tertiary/aromatic N) is 3. The van der Waals surface area contributed by atoms with Gasteiger partial charge >= 0.3 is 0 Å². The van der Waals surface area contributed by atoms with Gasteiger partial charge in [0.05, 0.1) is 6.42 Å². The summed E-state index contributed by atoms with van der Waals surface area (Å²) in [5.41, 5.74) is 17.3. The number of rotatable bonds is 11. The lowest BCUT2D eigenvalue weighted by Gasteiger charge is -2.47. The van der Waals surface area contributed by atoms with Gasteiger partial charge in [0.1, 0.15) is 0 Å². The van der Waals surface area contributed by atoms with E-state index >= 15 is 0 Å². The van der Waals surface area contributed by atoms with Crippen LogP contribution >= 0.6 is 0 Å². The number of piperazine rings is 1. The summed E-state index contributed by atoms with van der Waals surface area (Å²) in [5.74, 6) is 0.294. The smallest absolute Gasteiger partial charge is 0.227 e. The molecule has 234 valence electrons. The summed E-state index contributed by atoms with van der Waals surface area (Å²) in [5, 5.41) is 2.35. The van der Waals surface area contributed by atoms with Gasteiger partial charge in [-0.05, 0) is 57.9 Å². The third kappa shape index (κ3) is 7.82. The average Bonchev–Trinajstić information content (AvgIpc) is 3.08. The summed E-state index contributed by atoms with van der Waals surface area (Å²) < 4.78 is 0. The molecule has 6 nitrogen and oxygen atoms in total. The van der Waals surface area contributed by atoms with Crippen molar-refractivity contribution in [2.45, 2.75) is 44.3 Å². The van der Waals surface area contributed by atoms with Crippen LogP contribution in [0.1, 0.15) is 29.5 Å². The van der Waals surface area contributed by atoms with Crippen molar-refractivity contribution in [3.63, 3.8) is 0 Å². The number of hydrogen-bond acceptors (Lipinski definition) is 3. The lowest BCUT2D eigenvalue weighted by atomic mass is 9.94. The molecule has 1 fully saturated rings. The normalized spacial score (nSPS) is 16.7. The molecule has 0 saturated carbocycles. The van der Waals surface area contributed by atoms with Crippen LogP contribution in [-0.4, -0.2) is 53.4 Å². The van der Waals surface area contributed by atoms with Crippen LogP contribution in [0.4, 0.5) is 0 Å². The Morgan fingerprint density at radius 3 is 2.20 bits per heavy atom. The van der Waals surface area contributed by atoms with Crippen molar-refractivity contribution < 1.29 is 4.79 Å². The predicted octanol–water partition coefficient (Wildman–Crippen LogP) is 6.43. The monoisotopic (exact) mass is 609 g/mol. The Morgan fingerprint density at radius 2 is 1.41 bits per heavy atom. The van der Waals surface area contributed by atoms with Crippen molar-refractivity contribution in [1.82, 2.24) is 9.80 Å². The number of amides is 1. The Labute approximate surface area is 272 Å². The van der Waals surface area contributed by atoms with E-state index in [1.54, 1.807) is 0 Å². The molecule has 5 aromatic rings. The van der Waals surface area contributed by atoms with Gasteiger partial charge in [-0.1, -0.05) is 127 Å². The van der Waals surface area contributed by atoms with Crippen LogP contribution < -0.4 is 11.5 Å². The number of hydrogen-bond donors (Lipinski definition) is 2. The van der Waals surface area contributed by atoms with Crippen molar-refractivity contribution in [3.8, 4) is 11.1 Å². The van der Waals surface area contributed by atoms with Crippen molar-refractivity contribution in [3.05, 3.63) is 144 Å². The second kappa shape index (κ2) is 14.9. The minimum Gasteiger partial charge on any atom is -0.370 e. The van der Waals surface area contributed by atoms with E-state index in [1.807, 2.05) is 18.2 Å². The highest BCUT2D eigenvalue weighted by atomic mass is 16.2. The van der Waals surface area contributed by atoms with E-state index < -0.39 is 0 Å².